The molecule has 1 aliphatic carbocycles. The molecule has 1 saturated carbocycles. The molecule has 0 spiro atoms. The van der Waals surface area contributed by atoms with Crippen molar-refractivity contribution in [3.05, 3.63) is 33.8 Å². The number of amides is 1. The van der Waals surface area contributed by atoms with Crippen LogP contribution >= 0.6 is 23.2 Å². The Kier molecular flexibility index (Phi) is 5.40. The van der Waals surface area contributed by atoms with Crippen molar-refractivity contribution >= 4 is 29.1 Å². The van der Waals surface area contributed by atoms with Gasteiger partial charge in [-0.2, -0.15) is 0 Å². The Labute approximate surface area is 153 Å². The fourth-order valence-electron chi connectivity index (χ4n) is 4.21. The van der Waals surface area contributed by atoms with E-state index in [2.05, 4.69) is 19.0 Å². The maximum Gasteiger partial charge on any atom is 0.256 e. The second kappa shape index (κ2) is 7.20. The standard InChI is InChI=1S/C18H24Cl2N2O2/c1-21(2)15-7-11-9-22(10-12(11)8-16(15)24-3)18(23)17-13(19)5-4-6-14(17)20/h4-6,11-12,15-16H,7-10H2,1-3H3/t11-,12+,15-,16-/m1/s1. The number of carbonyl (C=O) groups excluding carboxylic acids is 1. The minimum atomic E-state index is -0.0598. The first-order valence-electron chi connectivity index (χ1n) is 8.34. The predicted octanol–water partition coefficient (Wildman–Crippen LogP) is 3.42. The highest BCUT2D eigenvalue weighted by Gasteiger charge is 2.44. The smallest absolute Gasteiger partial charge is 0.256 e. The van der Waals surface area contributed by atoms with E-state index in [0.717, 1.165) is 25.9 Å². The number of rotatable bonds is 3. The highest BCUT2D eigenvalue weighted by atomic mass is 35.5. The molecule has 1 aromatic carbocycles. The Bertz CT molecular complexity index is 603. The van der Waals surface area contributed by atoms with Crippen LogP contribution in [0.25, 0.3) is 0 Å². The zero-order valence-corrected chi connectivity index (χ0v) is 15.8. The summed E-state index contributed by atoms with van der Waals surface area (Å²) in [5.74, 6) is 0.931. The van der Waals surface area contributed by atoms with Gasteiger partial charge in [0.15, 0.2) is 0 Å². The highest BCUT2D eigenvalue weighted by Crippen LogP contribution is 2.40. The van der Waals surface area contributed by atoms with Gasteiger partial charge in [-0.25, -0.2) is 0 Å². The Morgan fingerprint density at radius 1 is 1.17 bits per heavy atom. The lowest BCUT2D eigenvalue weighted by Gasteiger charge is -2.40. The van der Waals surface area contributed by atoms with E-state index in [9.17, 15) is 4.79 Å². The van der Waals surface area contributed by atoms with Crippen LogP contribution in [0.3, 0.4) is 0 Å². The summed E-state index contributed by atoms with van der Waals surface area (Å²) in [6, 6.07) is 5.59. The van der Waals surface area contributed by atoms with E-state index in [4.69, 9.17) is 27.9 Å². The van der Waals surface area contributed by atoms with Crippen LogP contribution in [-0.2, 0) is 4.74 Å². The average Bonchev–Trinajstić information content (AvgIpc) is 2.96. The van der Waals surface area contributed by atoms with Crippen molar-refractivity contribution in [2.24, 2.45) is 11.8 Å². The topological polar surface area (TPSA) is 32.8 Å². The molecule has 1 aliphatic heterocycles. The highest BCUT2D eigenvalue weighted by molar-refractivity contribution is 6.39. The number of ether oxygens (including phenoxy) is 1. The van der Waals surface area contributed by atoms with E-state index in [-0.39, 0.29) is 12.0 Å². The number of halogens is 2. The van der Waals surface area contributed by atoms with Gasteiger partial charge in [-0.3, -0.25) is 4.79 Å². The van der Waals surface area contributed by atoms with Gasteiger partial charge in [0.2, 0.25) is 0 Å². The van der Waals surface area contributed by atoms with E-state index >= 15 is 0 Å². The summed E-state index contributed by atoms with van der Waals surface area (Å²) in [6.45, 7) is 1.52. The minimum absolute atomic E-state index is 0.0598. The first-order valence-corrected chi connectivity index (χ1v) is 9.10. The Morgan fingerprint density at radius 2 is 1.75 bits per heavy atom. The Morgan fingerprint density at radius 3 is 2.29 bits per heavy atom. The number of hydrogen-bond donors (Lipinski definition) is 0. The van der Waals surface area contributed by atoms with E-state index in [1.54, 1.807) is 25.3 Å². The molecule has 24 heavy (non-hydrogen) atoms. The third-order valence-electron chi connectivity index (χ3n) is 5.51. The van der Waals surface area contributed by atoms with Crippen molar-refractivity contribution in [3.8, 4) is 0 Å². The largest absolute Gasteiger partial charge is 0.380 e. The lowest BCUT2D eigenvalue weighted by atomic mass is 9.77. The predicted molar refractivity (Wildman–Crippen MR) is 96.9 cm³/mol. The molecule has 1 saturated heterocycles. The fraction of sp³-hybridized carbons (Fsp3) is 0.611. The van der Waals surface area contributed by atoms with Gasteiger partial charge in [0.05, 0.1) is 21.7 Å². The van der Waals surface area contributed by atoms with Gasteiger partial charge >= 0.3 is 0 Å². The van der Waals surface area contributed by atoms with E-state index < -0.39 is 0 Å². The third-order valence-corrected chi connectivity index (χ3v) is 6.14. The molecule has 1 heterocycles. The molecule has 0 bridgehead atoms. The van der Waals surface area contributed by atoms with Crippen LogP contribution < -0.4 is 0 Å². The van der Waals surface area contributed by atoms with Crippen LogP contribution in [0.15, 0.2) is 18.2 Å². The molecule has 1 aromatic rings. The van der Waals surface area contributed by atoms with Crippen LogP contribution in [0, 0.1) is 11.8 Å². The number of fused-ring (bicyclic) bond motifs is 1. The monoisotopic (exact) mass is 370 g/mol. The molecular weight excluding hydrogens is 347 g/mol. The quantitative estimate of drug-likeness (QED) is 0.816. The molecule has 1 amide bonds. The van der Waals surface area contributed by atoms with Gasteiger partial charge in [-0.1, -0.05) is 29.3 Å². The molecule has 6 heteroatoms. The van der Waals surface area contributed by atoms with Crippen LogP contribution in [-0.4, -0.2) is 62.1 Å². The Hall–Kier alpha value is -0.810. The van der Waals surface area contributed by atoms with Gasteiger partial charge in [-0.05, 0) is 50.9 Å². The third kappa shape index (κ3) is 3.30. The number of carbonyl (C=O) groups is 1. The van der Waals surface area contributed by atoms with E-state index in [1.807, 2.05) is 4.90 Å². The summed E-state index contributed by atoms with van der Waals surface area (Å²) in [5, 5.41) is 0.839. The zero-order chi connectivity index (χ0) is 17.4. The number of hydrogen-bond acceptors (Lipinski definition) is 3. The molecule has 132 valence electrons. The summed E-state index contributed by atoms with van der Waals surface area (Å²) < 4.78 is 5.70. The second-order valence-electron chi connectivity index (χ2n) is 7.10. The van der Waals surface area contributed by atoms with Crippen molar-refractivity contribution in [2.75, 3.05) is 34.3 Å². The maximum atomic E-state index is 12.9. The van der Waals surface area contributed by atoms with E-state index in [0.29, 0.717) is 33.5 Å². The summed E-state index contributed by atoms with van der Waals surface area (Å²) >= 11 is 12.4. The molecule has 3 rings (SSSR count). The van der Waals surface area contributed by atoms with Gasteiger partial charge in [-0.15, -0.1) is 0 Å². The van der Waals surface area contributed by atoms with Crippen molar-refractivity contribution in [1.29, 1.82) is 0 Å². The van der Waals surface area contributed by atoms with Crippen molar-refractivity contribution in [1.82, 2.24) is 9.80 Å². The maximum absolute atomic E-state index is 12.9. The zero-order valence-electron chi connectivity index (χ0n) is 14.3. The number of benzene rings is 1. The number of nitrogens with zero attached hydrogens (tertiary/aromatic N) is 2. The Balaban J connectivity index is 1.77. The first kappa shape index (κ1) is 18.0. The molecule has 0 aromatic heterocycles. The van der Waals surface area contributed by atoms with E-state index in [1.165, 1.54) is 0 Å². The molecule has 0 unspecified atom stereocenters. The molecule has 0 radical (unpaired) electrons. The second-order valence-corrected chi connectivity index (χ2v) is 7.92. The minimum Gasteiger partial charge on any atom is -0.380 e. The first-order chi connectivity index (χ1) is 11.4. The summed E-state index contributed by atoms with van der Waals surface area (Å²) in [4.78, 5) is 17.1. The van der Waals surface area contributed by atoms with Gasteiger partial charge < -0.3 is 14.5 Å². The van der Waals surface area contributed by atoms with Crippen LogP contribution in [0.5, 0.6) is 0 Å². The van der Waals surface area contributed by atoms with Crippen LogP contribution in [0.2, 0.25) is 10.0 Å². The lowest BCUT2D eigenvalue weighted by molar-refractivity contribution is -0.0209. The average molecular weight is 371 g/mol. The molecule has 0 N–H and O–H groups in total. The summed E-state index contributed by atoms with van der Waals surface area (Å²) in [7, 11) is 5.97. The van der Waals surface area contributed by atoms with Gasteiger partial charge in [0, 0.05) is 26.2 Å². The van der Waals surface area contributed by atoms with Crippen LogP contribution in [0.4, 0.5) is 0 Å². The summed E-state index contributed by atoms with van der Waals surface area (Å²) in [5.41, 5.74) is 0.423. The van der Waals surface area contributed by atoms with Crippen molar-refractivity contribution in [2.45, 2.75) is 25.0 Å². The summed E-state index contributed by atoms with van der Waals surface area (Å²) in [6.07, 6.45) is 2.26. The molecule has 4 nitrogen and oxygen atoms in total. The van der Waals surface area contributed by atoms with Crippen LogP contribution in [0.1, 0.15) is 23.2 Å². The number of methoxy groups -OCH3 is 1. The molecule has 2 aliphatic rings. The normalized spacial score (nSPS) is 29.8. The molecular formula is C18H24Cl2N2O2. The lowest BCUT2D eigenvalue weighted by Crippen LogP contribution is -2.47. The fourth-order valence-corrected chi connectivity index (χ4v) is 4.77. The van der Waals surface area contributed by atoms with Gasteiger partial charge in [0.25, 0.3) is 5.91 Å². The molecule has 2 fully saturated rings. The SMILES string of the molecule is CO[C@@H]1C[C@H]2CN(C(=O)c3c(Cl)cccc3Cl)C[C@H]2C[C@H]1N(C)C. The molecule has 4 atom stereocenters. The number of likely N-dealkylation sites (N-methyl/N-ethyl adjacent to an activating group) is 1. The number of likely N-dealkylation sites (tertiary alicyclic amines) is 1. The van der Waals surface area contributed by atoms with Gasteiger partial charge in [0.1, 0.15) is 0 Å². The van der Waals surface area contributed by atoms with Crippen molar-refractivity contribution in [3.63, 3.8) is 0 Å². The van der Waals surface area contributed by atoms with Crippen molar-refractivity contribution < 1.29 is 9.53 Å².